The van der Waals surface area contributed by atoms with Gasteiger partial charge in [-0.1, -0.05) is 23.2 Å². The molecule has 2 aromatic heterocycles. The molecule has 2 N–H and O–H groups in total. The molecule has 0 radical (unpaired) electrons. The molecule has 1 aliphatic heterocycles. The van der Waals surface area contributed by atoms with Crippen molar-refractivity contribution < 1.29 is 18.3 Å². The molecule has 0 saturated carbocycles. The van der Waals surface area contributed by atoms with Crippen molar-refractivity contribution in [1.29, 1.82) is 0 Å². The summed E-state index contributed by atoms with van der Waals surface area (Å²) < 4.78 is 26.5. The SMILES string of the molecule is O=C(NCc1cc(Cl)cc(Cl)c1)c1nc(N2CCCCS2(=O)=O)c2cccnc2c1O. The number of aromatic nitrogens is 2. The maximum Gasteiger partial charge on any atom is 0.274 e. The summed E-state index contributed by atoms with van der Waals surface area (Å²) in [6, 6.07) is 8.10. The van der Waals surface area contributed by atoms with Gasteiger partial charge in [-0.3, -0.25) is 14.1 Å². The lowest BCUT2D eigenvalue weighted by Gasteiger charge is -2.28. The normalized spacial score (nSPS) is 15.7. The predicted molar refractivity (Wildman–Crippen MR) is 119 cm³/mol. The Balaban J connectivity index is 1.74. The predicted octanol–water partition coefficient (Wildman–Crippen LogP) is 3.50. The second kappa shape index (κ2) is 8.49. The van der Waals surface area contributed by atoms with Crippen LogP contribution in [0.5, 0.6) is 5.75 Å². The largest absolute Gasteiger partial charge is 0.504 e. The molecule has 8 nitrogen and oxygen atoms in total. The van der Waals surface area contributed by atoms with Crippen molar-refractivity contribution in [3.63, 3.8) is 0 Å². The maximum atomic E-state index is 12.9. The Labute approximate surface area is 188 Å². The Morgan fingerprint density at radius 1 is 1.19 bits per heavy atom. The number of amides is 1. The second-order valence-electron chi connectivity index (χ2n) is 7.09. The molecule has 1 amide bonds. The van der Waals surface area contributed by atoms with Gasteiger partial charge in [-0.25, -0.2) is 13.4 Å². The van der Waals surface area contributed by atoms with E-state index < -0.39 is 21.7 Å². The molecular weight excluding hydrogens is 463 g/mol. The fourth-order valence-electron chi connectivity index (χ4n) is 3.46. The summed E-state index contributed by atoms with van der Waals surface area (Å²) in [5, 5.41) is 14.5. The number of nitrogens with one attached hydrogen (secondary N) is 1. The number of carbonyl (C=O) groups excluding carboxylic acids is 1. The fourth-order valence-corrected chi connectivity index (χ4v) is 5.63. The molecule has 1 saturated heterocycles. The van der Waals surface area contributed by atoms with E-state index in [1.54, 1.807) is 30.3 Å². The zero-order chi connectivity index (χ0) is 22.2. The van der Waals surface area contributed by atoms with Crippen LogP contribution in [0, 0.1) is 0 Å². The van der Waals surface area contributed by atoms with Crippen LogP contribution in [0.3, 0.4) is 0 Å². The molecule has 0 aliphatic carbocycles. The summed E-state index contributed by atoms with van der Waals surface area (Å²) in [4.78, 5) is 21.3. The monoisotopic (exact) mass is 480 g/mol. The molecule has 1 aromatic carbocycles. The molecule has 4 rings (SSSR count). The Kier molecular flexibility index (Phi) is 5.92. The number of sulfonamides is 1. The number of fused-ring (bicyclic) bond motifs is 1. The van der Waals surface area contributed by atoms with Crippen LogP contribution in [0.25, 0.3) is 10.9 Å². The van der Waals surface area contributed by atoms with E-state index in [9.17, 15) is 18.3 Å². The van der Waals surface area contributed by atoms with E-state index in [2.05, 4.69) is 15.3 Å². The van der Waals surface area contributed by atoms with Gasteiger partial charge in [-0.15, -0.1) is 0 Å². The third kappa shape index (κ3) is 4.39. The first-order valence-corrected chi connectivity index (χ1v) is 11.8. The van der Waals surface area contributed by atoms with Gasteiger partial charge in [0.1, 0.15) is 5.52 Å². The Morgan fingerprint density at radius 2 is 1.94 bits per heavy atom. The summed E-state index contributed by atoms with van der Waals surface area (Å²) >= 11 is 12.0. The van der Waals surface area contributed by atoms with Crippen molar-refractivity contribution in [2.75, 3.05) is 16.6 Å². The highest BCUT2D eigenvalue weighted by Crippen LogP contribution is 2.35. The van der Waals surface area contributed by atoms with Crippen LogP contribution in [0.2, 0.25) is 10.0 Å². The smallest absolute Gasteiger partial charge is 0.274 e. The number of pyridine rings is 2. The first-order valence-electron chi connectivity index (χ1n) is 9.47. The second-order valence-corrected chi connectivity index (χ2v) is 9.97. The maximum absolute atomic E-state index is 12.9. The molecule has 0 atom stereocenters. The van der Waals surface area contributed by atoms with E-state index >= 15 is 0 Å². The van der Waals surface area contributed by atoms with Crippen molar-refractivity contribution in [2.24, 2.45) is 0 Å². The average Bonchev–Trinajstić information content (AvgIpc) is 2.72. The van der Waals surface area contributed by atoms with Crippen molar-refractivity contribution in [2.45, 2.75) is 19.4 Å². The quantitative estimate of drug-likeness (QED) is 0.590. The Morgan fingerprint density at radius 3 is 2.65 bits per heavy atom. The number of nitrogens with zero attached hydrogens (tertiary/aromatic N) is 3. The van der Waals surface area contributed by atoms with Crippen LogP contribution in [0.15, 0.2) is 36.5 Å². The molecular formula is C20H18Cl2N4O4S. The number of benzene rings is 1. The highest BCUT2D eigenvalue weighted by Gasteiger charge is 2.31. The molecule has 0 unspecified atom stereocenters. The first-order chi connectivity index (χ1) is 14.8. The Hall–Kier alpha value is -2.62. The minimum atomic E-state index is -3.59. The summed E-state index contributed by atoms with van der Waals surface area (Å²) in [6.07, 6.45) is 2.68. The standard InChI is InChI=1S/C20H18Cl2N4O4S/c21-13-8-12(9-14(22)10-13)11-24-20(28)17-18(27)16-15(4-3-5-23-16)19(25-17)26-6-1-2-7-31(26,29)30/h3-5,8-10,27H,1-2,6-7,11H2,(H,24,28). The summed E-state index contributed by atoms with van der Waals surface area (Å²) in [7, 11) is -3.59. The molecule has 11 heteroatoms. The lowest BCUT2D eigenvalue weighted by molar-refractivity contribution is 0.0943. The van der Waals surface area contributed by atoms with E-state index in [0.717, 1.165) is 0 Å². The van der Waals surface area contributed by atoms with E-state index in [1.165, 1.54) is 10.5 Å². The number of rotatable bonds is 4. The topological polar surface area (TPSA) is 112 Å². The summed E-state index contributed by atoms with van der Waals surface area (Å²) in [5.41, 5.74) is 0.447. The van der Waals surface area contributed by atoms with Crippen molar-refractivity contribution in [1.82, 2.24) is 15.3 Å². The van der Waals surface area contributed by atoms with Gasteiger partial charge in [-0.2, -0.15) is 0 Å². The van der Waals surface area contributed by atoms with E-state index in [-0.39, 0.29) is 35.9 Å². The van der Waals surface area contributed by atoms with E-state index in [1.807, 2.05) is 0 Å². The van der Waals surface area contributed by atoms with Gasteiger partial charge in [-0.05, 0) is 48.7 Å². The van der Waals surface area contributed by atoms with Crippen molar-refractivity contribution in [3.8, 4) is 5.75 Å². The molecule has 31 heavy (non-hydrogen) atoms. The van der Waals surface area contributed by atoms with E-state index in [4.69, 9.17) is 23.2 Å². The zero-order valence-electron chi connectivity index (χ0n) is 16.2. The molecule has 1 aliphatic rings. The van der Waals surface area contributed by atoms with E-state index in [0.29, 0.717) is 33.8 Å². The summed E-state index contributed by atoms with van der Waals surface area (Å²) in [5.74, 6) is -1.03. The van der Waals surface area contributed by atoms with Crippen LogP contribution in [-0.4, -0.2) is 41.7 Å². The first kappa shape index (κ1) is 21.6. The van der Waals surface area contributed by atoms with Gasteiger partial charge >= 0.3 is 0 Å². The third-order valence-corrected chi connectivity index (χ3v) is 7.16. The third-order valence-electron chi connectivity index (χ3n) is 4.89. The minimum absolute atomic E-state index is 0.00559. The number of halogens is 2. The number of hydrogen-bond acceptors (Lipinski definition) is 6. The van der Waals surface area contributed by atoms with Crippen LogP contribution in [0.4, 0.5) is 5.82 Å². The van der Waals surface area contributed by atoms with Crippen LogP contribution in [0.1, 0.15) is 28.9 Å². The lowest BCUT2D eigenvalue weighted by atomic mass is 10.1. The number of carbonyl (C=O) groups is 1. The van der Waals surface area contributed by atoms with Gasteiger partial charge in [0.05, 0.1) is 5.75 Å². The number of aromatic hydroxyl groups is 1. The average molecular weight is 481 g/mol. The zero-order valence-corrected chi connectivity index (χ0v) is 18.5. The Bertz CT molecular complexity index is 1260. The minimum Gasteiger partial charge on any atom is -0.504 e. The van der Waals surface area contributed by atoms with Gasteiger partial charge in [0, 0.05) is 34.7 Å². The number of hydrogen-bond donors (Lipinski definition) is 2. The molecule has 3 heterocycles. The van der Waals surface area contributed by atoms with Gasteiger partial charge in [0.25, 0.3) is 5.91 Å². The van der Waals surface area contributed by atoms with Gasteiger partial charge < -0.3 is 10.4 Å². The highest BCUT2D eigenvalue weighted by atomic mass is 35.5. The highest BCUT2D eigenvalue weighted by molar-refractivity contribution is 7.92. The fraction of sp³-hybridized carbons (Fsp3) is 0.250. The molecule has 162 valence electrons. The molecule has 0 bridgehead atoms. The van der Waals surface area contributed by atoms with Crippen molar-refractivity contribution >= 4 is 55.9 Å². The molecule has 3 aromatic rings. The van der Waals surface area contributed by atoms with Crippen LogP contribution < -0.4 is 9.62 Å². The van der Waals surface area contributed by atoms with Crippen molar-refractivity contribution in [3.05, 3.63) is 57.8 Å². The van der Waals surface area contributed by atoms with Crippen LogP contribution >= 0.6 is 23.2 Å². The molecule has 0 spiro atoms. The van der Waals surface area contributed by atoms with Gasteiger partial charge in [0.15, 0.2) is 17.3 Å². The number of anilines is 1. The van der Waals surface area contributed by atoms with Gasteiger partial charge in [0.2, 0.25) is 10.0 Å². The van der Waals surface area contributed by atoms with Crippen LogP contribution in [-0.2, 0) is 16.6 Å². The molecule has 1 fully saturated rings. The summed E-state index contributed by atoms with van der Waals surface area (Å²) in [6.45, 7) is 0.323. The lowest BCUT2D eigenvalue weighted by Crippen LogP contribution is -2.39.